The third kappa shape index (κ3) is 2.29. The smallest absolute Gasteiger partial charge is 0.258 e. The zero-order chi connectivity index (χ0) is 16.5. The van der Waals surface area contributed by atoms with Crippen LogP contribution in [0.15, 0.2) is 65.6 Å². The van der Waals surface area contributed by atoms with Crippen LogP contribution in [0.2, 0.25) is 0 Å². The number of hydrogen-bond donors (Lipinski definition) is 0. The summed E-state index contributed by atoms with van der Waals surface area (Å²) >= 11 is 0. The van der Waals surface area contributed by atoms with Gasteiger partial charge in [-0.1, -0.05) is 12.1 Å². The molecule has 5 heteroatoms. The maximum absolute atomic E-state index is 13.2. The van der Waals surface area contributed by atoms with Gasteiger partial charge in [0.15, 0.2) is 0 Å². The highest BCUT2D eigenvalue weighted by Gasteiger charge is 2.34. The highest BCUT2D eigenvalue weighted by atomic mass is 16.5. The fourth-order valence-corrected chi connectivity index (χ4v) is 3.36. The summed E-state index contributed by atoms with van der Waals surface area (Å²) in [7, 11) is 1.58. The van der Waals surface area contributed by atoms with E-state index in [1.807, 2.05) is 41.4 Å². The van der Waals surface area contributed by atoms with Gasteiger partial charge in [-0.2, -0.15) is 0 Å². The number of aromatic nitrogens is 1. The Labute approximate surface area is 140 Å². The molecule has 1 atom stereocenters. The largest absolute Gasteiger partial charge is 0.496 e. The van der Waals surface area contributed by atoms with E-state index in [2.05, 4.69) is 10.6 Å². The molecule has 0 saturated carbocycles. The standard InChI is InChI=1S/C19H18N2O3/c1-23-17-7-3-2-5-15(17)19(22)21-11-10-20-9-4-6-16(20)18(21)14-8-12-24-13-14/h2-9,12-13,18H,10-11H2,1H3/t18-/m1/s1. The van der Waals surface area contributed by atoms with Gasteiger partial charge in [-0.25, -0.2) is 0 Å². The molecular weight excluding hydrogens is 304 g/mol. The predicted molar refractivity (Wildman–Crippen MR) is 89.0 cm³/mol. The molecule has 0 spiro atoms. The van der Waals surface area contributed by atoms with Gasteiger partial charge >= 0.3 is 0 Å². The van der Waals surface area contributed by atoms with E-state index >= 15 is 0 Å². The van der Waals surface area contributed by atoms with Crippen molar-refractivity contribution in [1.29, 1.82) is 0 Å². The Hall–Kier alpha value is -2.95. The summed E-state index contributed by atoms with van der Waals surface area (Å²) in [6.45, 7) is 1.41. The number of benzene rings is 1. The summed E-state index contributed by atoms with van der Waals surface area (Å²) in [4.78, 5) is 15.1. The maximum atomic E-state index is 13.2. The van der Waals surface area contributed by atoms with Crippen molar-refractivity contribution >= 4 is 5.91 Å². The second kappa shape index (κ2) is 5.92. The lowest BCUT2D eigenvalue weighted by Crippen LogP contribution is -2.42. The van der Waals surface area contributed by atoms with Crippen LogP contribution in [-0.2, 0) is 6.54 Å². The second-order valence-electron chi connectivity index (χ2n) is 5.78. The molecule has 1 aromatic carbocycles. The molecule has 24 heavy (non-hydrogen) atoms. The average molecular weight is 322 g/mol. The molecule has 1 amide bonds. The Morgan fingerprint density at radius 2 is 2.04 bits per heavy atom. The number of nitrogens with zero attached hydrogens (tertiary/aromatic N) is 2. The normalized spacial score (nSPS) is 16.7. The van der Waals surface area contributed by atoms with Crippen LogP contribution in [0.4, 0.5) is 0 Å². The van der Waals surface area contributed by atoms with E-state index in [0.29, 0.717) is 17.9 Å². The first-order chi connectivity index (χ1) is 11.8. The fraction of sp³-hybridized carbons (Fsp3) is 0.211. The number of para-hydroxylation sites is 1. The third-order valence-electron chi connectivity index (χ3n) is 4.50. The van der Waals surface area contributed by atoms with E-state index in [9.17, 15) is 4.79 Å². The van der Waals surface area contributed by atoms with Crippen LogP contribution in [-0.4, -0.2) is 29.0 Å². The summed E-state index contributed by atoms with van der Waals surface area (Å²) in [6, 6.07) is 13.2. The van der Waals surface area contributed by atoms with Crippen molar-refractivity contribution in [2.45, 2.75) is 12.6 Å². The van der Waals surface area contributed by atoms with E-state index < -0.39 is 0 Å². The molecule has 0 unspecified atom stereocenters. The van der Waals surface area contributed by atoms with Crippen molar-refractivity contribution in [2.75, 3.05) is 13.7 Å². The molecule has 0 fully saturated rings. The van der Waals surface area contributed by atoms with Gasteiger partial charge in [-0.15, -0.1) is 0 Å². The van der Waals surface area contributed by atoms with Gasteiger partial charge in [0.05, 0.1) is 25.2 Å². The van der Waals surface area contributed by atoms with Crippen molar-refractivity contribution in [3.8, 4) is 5.75 Å². The minimum atomic E-state index is -0.162. The number of rotatable bonds is 3. The van der Waals surface area contributed by atoms with E-state index in [4.69, 9.17) is 9.15 Å². The molecule has 0 bridgehead atoms. The first-order valence-corrected chi connectivity index (χ1v) is 7.90. The number of furan rings is 1. The SMILES string of the molecule is COc1ccccc1C(=O)N1CCn2cccc2[C@H]1c1ccoc1. The van der Waals surface area contributed by atoms with E-state index in [-0.39, 0.29) is 11.9 Å². The average Bonchev–Trinajstić information content (AvgIpc) is 3.31. The van der Waals surface area contributed by atoms with Crippen molar-refractivity contribution in [2.24, 2.45) is 0 Å². The van der Waals surface area contributed by atoms with Crippen LogP contribution in [0.3, 0.4) is 0 Å². The molecule has 0 saturated heterocycles. The maximum Gasteiger partial charge on any atom is 0.258 e. The van der Waals surface area contributed by atoms with Crippen molar-refractivity contribution < 1.29 is 13.9 Å². The zero-order valence-corrected chi connectivity index (χ0v) is 13.4. The molecule has 0 N–H and O–H groups in total. The molecule has 1 aliphatic heterocycles. The number of amides is 1. The Bertz CT molecular complexity index is 851. The second-order valence-corrected chi connectivity index (χ2v) is 5.78. The van der Waals surface area contributed by atoms with Crippen molar-refractivity contribution in [3.63, 3.8) is 0 Å². The van der Waals surface area contributed by atoms with Crippen molar-refractivity contribution in [3.05, 3.63) is 78.0 Å². The Morgan fingerprint density at radius 3 is 2.83 bits per heavy atom. The van der Waals surface area contributed by atoms with Gasteiger partial charge in [0.25, 0.3) is 5.91 Å². The summed E-state index contributed by atoms with van der Waals surface area (Å²) in [6.07, 6.45) is 5.39. The molecule has 5 nitrogen and oxygen atoms in total. The zero-order valence-electron chi connectivity index (χ0n) is 13.4. The number of hydrogen-bond acceptors (Lipinski definition) is 3. The predicted octanol–water partition coefficient (Wildman–Crippen LogP) is 3.34. The van der Waals surface area contributed by atoms with E-state index in [0.717, 1.165) is 17.8 Å². The minimum Gasteiger partial charge on any atom is -0.496 e. The first-order valence-electron chi connectivity index (χ1n) is 7.90. The number of carbonyl (C=O) groups excluding carboxylic acids is 1. The lowest BCUT2D eigenvalue weighted by molar-refractivity contribution is 0.0660. The van der Waals surface area contributed by atoms with Crippen LogP contribution in [0, 0.1) is 0 Å². The van der Waals surface area contributed by atoms with Crippen LogP contribution >= 0.6 is 0 Å². The summed E-state index contributed by atoms with van der Waals surface area (Å²) in [5.74, 6) is 0.556. The van der Waals surface area contributed by atoms with Gasteiger partial charge in [0.2, 0.25) is 0 Å². The van der Waals surface area contributed by atoms with E-state index in [1.54, 1.807) is 25.7 Å². The van der Waals surface area contributed by atoms with Crippen LogP contribution in [0.5, 0.6) is 5.75 Å². The molecule has 2 aromatic heterocycles. The lowest BCUT2D eigenvalue weighted by Gasteiger charge is -2.36. The van der Waals surface area contributed by atoms with Gasteiger partial charge < -0.3 is 18.6 Å². The Kier molecular flexibility index (Phi) is 3.61. The van der Waals surface area contributed by atoms with Crippen LogP contribution in [0.25, 0.3) is 0 Å². The highest BCUT2D eigenvalue weighted by Crippen LogP contribution is 2.34. The number of methoxy groups -OCH3 is 1. The summed E-state index contributed by atoms with van der Waals surface area (Å²) < 4.78 is 12.8. The molecule has 122 valence electrons. The molecule has 1 aliphatic rings. The highest BCUT2D eigenvalue weighted by molar-refractivity contribution is 5.97. The van der Waals surface area contributed by atoms with Gasteiger partial charge in [0, 0.05) is 30.5 Å². The number of fused-ring (bicyclic) bond motifs is 1. The molecule has 4 rings (SSSR count). The lowest BCUT2D eigenvalue weighted by atomic mass is 10.0. The first kappa shape index (κ1) is 14.6. The minimum absolute atomic E-state index is 0.0360. The summed E-state index contributed by atoms with van der Waals surface area (Å²) in [5.41, 5.74) is 2.64. The van der Waals surface area contributed by atoms with Gasteiger partial charge in [0.1, 0.15) is 11.8 Å². The number of ether oxygens (including phenoxy) is 1. The molecule has 0 aliphatic carbocycles. The van der Waals surface area contributed by atoms with E-state index in [1.165, 1.54) is 0 Å². The molecule has 3 aromatic rings. The summed E-state index contributed by atoms with van der Waals surface area (Å²) in [5, 5.41) is 0. The van der Waals surface area contributed by atoms with Crippen LogP contribution in [0.1, 0.15) is 27.7 Å². The molecule has 0 radical (unpaired) electrons. The van der Waals surface area contributed by atoms with Gasteiger partial charge in [-0.05, 0) is 30.3 Å². The van der Waals surface area contributed by atoms with Crippen LogP contribution < -0.4 is 4.74 Å². The quantitative estimate of drug-likeness (QED) is 0.743. The molecule has 3 heterocycles. The third-order valence-corrected chi connectivity index (χ3v) is 4.50. The molecular formula is C19H18N2O3. The Balaban J connectivity index is 1.78. The monoisotopic (exact) mass is 322 g/mol. The topological polar surface area (TPSA) is 47.6 Å². The van der Waals surface area contributed by atoms with Gasteiger partial charge in [-0.3, -0.25) is 4.79 Å². The van der Waals surface area contributed by atoms with Crippen molar-refractivity contribution in [1.82, 2.24) is 9.47 Å². The fourth-order valence-electron chi connectivity index (χ4n) is 3.36. The number of carbonyl (C=O) groups is 1. The Morgan fingerprint density at radius 1 is 1.17 bits per heavy atom.